The highest BCUT2D eigenvalue weighted by Gasteiger charge is 2.04. The lowest BCUT2D eigenvalue weighted by atomic mass is 10.1. The van der Waals surface area contributed by atoms with E-state index >= 15 is 0 Å². The summed E-state index contributed by atoms with van der Waals surface area (Å²) in [5.74, 6) is 0.0425. The van der Waals surface area contributed by atoms with E-state index in [1.54, 1.807) is 0 Å². The minimum Gasteiger partial charge on any atom is -0.327 e. The Bertz CT molecular complexity index is 120. The van der Waals surface area contributed by atoms with Crippen LogP contribution in [-0.4, -0.2) is 11.8 Å². The number of ketones is 1. The molecule has 2 nitrogen and oxygen atoms in total. The van der Waals surface area contributed by atoms with E-state index in [0.717, 1.165) is 12.8 Å². The van der Waals surface area contributed by atoms with Crippen molar-refractivity contribution in [1.82, 2.24) is 0 Å². The molecule has 58 valence electrons. The first-order chi connectivity index (χ1) is 4.70. The maximum Gasteiger partial charge on any atom is 0.156 e. The van der Waals surface area contributed by atoms with Gasteiger partial charge in [-0.3, -0.25) is 4.79 Å². The van der Waals surface area contributed by atoms with Crippen molar-refractivity contribution in [2.75, 3.05) is 0 Å². The minimum atomic E-state index is 0.0236. The summed E-state index contributed by atoms with van der Waals surface area (Å²) in [4.78, 5) is 10.7. The molecule has 0 aliphatic carbocycles. The van der Waals surface area contributed by atoms with Gasteiger partial charge in [-0.05, 0) is 12.5 Å². The third kappa shape index (κ3) is 4.27. The highest BCUT2D eigenvalue weighted by molar-refractivity contribution is 5.89. The molecule has 2 N–H and O–H groups in total. The highest BCUT2D eigenvalue weighted by atomic mass is 16.1. The quantitative estimate of drug-likeness (QED) is 0.586. The lowest BCUT2D eigenvalue weighted by Crippen LogP contribution is -2.22. The number of allylic oxidation sites excluding steroid dienone is 1. The van der Waals surface area contributed by atoms with Crippen LogP contribution in [0.15, 0.2) is 12.7 Å². The lowest BCUT2D eigenvalue weighted by molar-refractivity contribution is -0.114. The van der Waals surface area contributed by atoms with Gasteiger partial charge in [0.2, 0.25) is 0 Å². The molecule has 0 aromatic rings. The van der Waals surface area contributed by atoms with Gasteiger partial charge in [0.25, 0.3) is 0 Å². The van der Waals surface area contributed by atoms with Crippen molar-refractivity contribution in [1.29, 1.82) is 0 Å². The predicted octanol–water partition coefficient (Wildman–Crippen LogP) is 1.26. The van der Waals surface area contributed by atoms with Crippen LogP contribution in [0, 0.1) is 0 Å². The van der Waals surface area contributed by atoms with Crippen LogP contribution in [0.5, 0.6) is 0 Å². The summed E-state index contributed by atoms with van der Waals surface area (Å²) in [5, 5.41) is 0. The summed E-state index contributed by atoms with van der Waals surface area (Å²) in [6.07, 6.45) is 3.72. The molecule has 1 atom stereocenters. The topological polar surface area (TPSA) is 43.1 Å². The molecular weight excluding hydrogens is 126 g/mol. The Morgan fingerprint density at radius 3 is 2.80 bits per heavy atom. The molecule has 0 saturated heterocycles. The molecule has 0 spiro atoms. The Morgan fingerprint density at radius 1 is 1.80 bits per heavy atom. The Labute approximate surface area is 62.1 Å². The first kappa shape index (κ1) is 9.37. The van der Waals surface area contributed by atoms with E-state index in [1.165, 1.54) is 6.08 Å². The Morgan fingerprint density at radius 2 is 2.40 bits per heavy atom. The molecule has 0 aliphatic rings. The molecule has 0 aromatic carbocycles. The molecule has 0 fully saturated rings. The highest BCUT2D eigenvalue weighted by Crippen LogP contribution is 1.98. The first-order valence-corrected chi connectivity index (χ1v) is 3.61. The lowest BCUT2D eigenvalue weighted by Gasteiger charge is -2.05. The van der Waals surface area contributed by atoms with Crippen LogP contribution in [0.3, 0.4) is 0 Å². The molecule has 0 amide bonds. The van der Waals surface area contributed by atoms with E-state index in [0.29, 0.717) is 6.42 Å². The largest absolute Gasteiger partial charge is 0.327 e. The zero-order valence-electron chi connectivity index (χ0n) is 6.47. The molecule has 0 heterocycles. The molecule has 0 aliphatic heterocycles. The average Bonchev–Trinajstić information content (AvgIpc) is 1.88. The van der Waals surface area contributed by atoms with Gasteiger partial charge in [0.15, 0.2) is 5.78 Å². The second-order valence-electron chi connectivity index (χ2n) is 2.42. The van der Waals surface area contributed by atoms with Crippen molar-refractivity contribution in [3.63, 3.8) is 0 Å². The van der Waals surface area contributed by atoms with Crippen LogP contribution in [0.2, 0.25) is 0 Å². The van der Waals surface area contributed by atoms with Gasteiger partial charge in [-0.1, -0.05) is 19.9 Å². The van der Waals surface area contributed by atoms with Crippen molar-refractivity contribution in [3.05, 3.63) is 12.7 Å². The van der Waals surface area contributed by atoms with Crippen molar-refractivity contribution >= 4 is 5.78 Å². The van der Waals surface area contributed by atoms with Crippen LogP contribution < -0.4 is 5.73 Å². The summed E-state index contributed by atoms with van der Waals surface area (Å²) in [6, 6.07) is 0.0236. The summed E-state index contributed by atoms with van der Waals surface area (Å²) in [5.41, 5.74) is 5.59. The molecule has 0 bridgehead atoms. The second kappa shape index (κ2) is 5.18. The minimum absolute atomic E-state index is 0.0236. The number of carbonyl (C=O) groups excluding carboxylic acids is 1. The maximum absolute atomic E-state index is 10.7. The molecule has 0 saturated carbocycles. The van der Waals surface area contributed by atoms with Crippen molar-refractivity contribution in [2.24, 2.45) is 5.73 Å². The van der Waals surface area contributed by atoms with Crippen molar-refractivity contribution in [2.45, 2.75) is 32.2 Å². The summed E-state index contributed by atoms with van der Waals surface area (Å²) >= 11 is 0. The van der Waals surface area contributed by atoms with Gasteiger partial charge in [-0.15, -0.1) is 0 Å². The van der Waals surface area contributed by atoms with Gasteiger partial charge in [0.1, 0.15) is 0 Å². The first-order valence-electron chi connectivity index (χ1n) is 3.61. The fourth-order valence-electron chi connectivity index (χ4n) is 0.815. The van der Waals surface area contributed by atoms with Gasteiger partial charge in [-0.2, -0.15) is 0 Å². The van der Waals surface area contributed by atoms with Crippen LogP contribution in [0.1, 0.15) is 26.2 Å². The number of rotatable bonds is 5. The molecule has 0 radical (unpaired) electrons. The Balaban J connectivity index is 3.46. The van der Waals surface area contributed by atoms with E-state index in [4.69, 9.17) is 5.73 Å². The van der Waals surface area contributed by atoms with Crippen molar-refractivity contribution in [3.8, 4) is 0 Å². The van der Waals surface area contributed by atoms with Crippen LogP contribution in [0.25, 0.3) is 0 Å². The van der Waals surface area contributed by atoms with Gasteiger partial charge >= 0.3 is 0 Å². The third-order valence-corrected chi connectivity index (χ3v) is 1.35. The SMILES string of the molecule is C=CC(=O)CC(N)CCC. The Kier molecular flexibility index (Phi) is 4.85. The van der Waals surface area contributed by atoms with Gasteiger partial charge in [-0.25, -0.2) is 0 Å². The third-order valence-electron chi connectivity index (χ3n) is 1.35. The van der Waals surface area contributed by atoms with E-state index in [2.05, 4.69) is 13.5 Å². The van der Waals surface area contributed by atoms with E-state index in [1.807, 2.05) is 0 Å². The molecule has 1 unspecified atom stereocenters. The fraction of sp³-hybridized carbons (Fsp3) is 0.625. The van der Waals surface area contributed by atoms with Crippen LogP contribution in [0.4, 0.5) is 0 Å². The monoisotopic (exact) mass is 141 g/mol. The maximum atomic E-state index is 10.7. The summed E-state index contributed by atoms with van der Waals surface area (Å²) < 4.78 is 0. The van der Waals surface area contributed by atoms with E-state index in [-0.39, 0.29) is 11.8 Å². The Hall–Kier alpha value is -0.630. The summed E-state index contributed by atoms with van der Waals surface area (Å²) in [6.45, 7) is 5.42. The molecule has 2 heteroatoms. The molecular formula is C8H15NO. The van der Waals surface area contributed by atoms with Gasteiger partial charge < -0.3 is 5.73 Å². The normalized spacial score (nSPS) is 12.6. The zero-order valence-corrected chi connectivity index (χ0v) is 6.47. The predicted molar refractivity (Wildman–Crippen MR) is 42.7 cm³/mol. The molecule has 0 rings (SSSR count). The van der Waals surface area contributed by atoms with Gasteiger partial charge in [0, 0.05) is 12.5 Å². The smallest absolute Gasteiger partial charge is 0.156 e. The van der Waals surface area contributed by atoms with Crippen LogP contribution in [-0.2, 0) is 4.79 Å². The standard InChI is InChI=1S/C8H15NO/c1-3-5-7(9)6-8(10)4-2/h4,7H,2-3,5-6,9H2,1H3. The fourth-order valence-corrected chi connectivity index (χ4v) is 0.815. The number of carbonyl (C=O) groups is 1. The molecule has 10 heavy (non-hydrogen) atoms. The number of nitrogens with two attached hydrogens (primary N) is 1. The van der Waals surface area contributed by atoms with E-state index in [9.17, 15) is 4.79 Å². The average molecular weight is 141 g/mol. The molecule has 0 aromatic heterocycles. The van der Waals surface area contributed by atoms with Crippen molar-refractivity contribution < 1.29 is 4.79 Å². The number of hydrogen-bond donors (Lipinski definition) is 1. The van der Waals surface area contributed by atoms with E-state index < -0.39 is 0 Å². The second-order valence-corrected chi connectivity index (χ2v) is 2.42. The van der Waals surface area contributed by atoms with Gasteiger partial charge in [0.05, 0.1) is 0 Å². The summed E-state index contributed by atoms with van der Waals surface area (Å²) in [7, 11) is 0. The zero-order chi connectivity index (χ0) is 7.98. The number of hydrogen-bond acceptors (Lipinski definition) is 2. The van der Waals surface area contributed by atoms with Crippen LogP contribution >= 0.6 is 0 Å².